The van der Waals surface area contributed by atoms with E-state index in [-0.39, 0.29) is 5.91 Å². The molecule has 1 amide bonds. The molecule has 2 aromatic heterocycles. The lowest BCUT2D eigenvalue weighted by Gasteiger charge is -1.93. The van der Waals surface area contributed by atoms with Crippen LogP contribution in [0.3, 0.4) is 0 Å². The van der Waals surface area contributed by atoms with E-state index in [1.165, 1.54) is 6.92 Å². The van der Waals surface area contributed by atoms with Crippen LogP contribution in [0.2, 0.25) is 0 Å². The number of aromatic nitrogens is 1. The van der Waals surface area contributed by atoms with Crippen LogP contribution in [0.1, 0.15) is 12.6 Å². The van der Waals surface area contributed by atoms with Crippen molar-refractivity contribution in [3.8, 4) is 10.6 Å². The van der Waals surface area contributed by atoms with Gasteiger partial charge in [-0.2, -0.15) is 4.99 Å². The van der Waals surface area contributed by atoms with Gasteiger partial charge in [0.1, 0.15) is 0 Å². The van der Waals surface area contributed by atoms with Gasteiger partial charge in [0.2, 0.25) is 5.91 Å². The van der Waals surface area contributed by atoms with Crippen molar-refractivity contribution in [2.45, 2.75) is 13.8 Å². The van der Waals surface area contributed by atoms with Gasteiger partial charge in [-0.15, -0.1) is 11.3 Å². The summed E-state index contributed by atoms with van der Waals surface area (Å²) < 4.78 is 7.36. The van der Waals surface area contributed by atoms with E-state index in [4.69, 9.17) is 4.42 Å². The molecule has 0 fully saturated rings. The smallest absolute Gasteiger partial charge is 0.305 e. The molecule has 0 saturated heterocycles. The molecular weight excluding hydrogens is 224 g/mol. The van der Waals surface area contributed by atoms with Crippen LogP contribution in [-0.4, -0.2) is 10.5 Å². The largest absolute Gasteiger partial charge is 0.422 e. The maximum absolute atomic E-state index is 10.9. The van der Waals surface area contributed by atoms with Crippen LogP contribution in [0.15, 0.2) is 26.9 Å². The molecule has 0 aliphatic carbocycles. The molecule has 5 heteroatoms. The minimum absolute atomic E-state index is 0.262. The number of hydrogen-bond donors (Lipinski definition) is 0. The van der Waals surface area contributed by atoms with E-state index in [1.807, 2.05) is 31.5 Å². The van der Waals surface area contributed by atoms with Crippen LogP contribution < -0.4 is 5.68 Å². The summed E-state index contributed by atoms with van der Waals surface area (Å²) in [7, 11) is 1.83. The Morgan fingerprint density at radius 2 is 2.31 bits per heavy atom. The lowest BCUT2D eigenvalue weighted by molar-refractivity contribution is -0.116. The fraction of sp³-hybridized carbons (Fsp3) is 0.273. The summed E-state index contributed by atoms with van der Waals surface area (Å²) in [4.78, 5) is 15.8. The van der Waals surface area contributed by atoms with Crippen molar-refractivity contribution in [1.82, 2.24) is 4.57 Å². The van der Waals surface area contributed by atoms with Crippen molar-refractivity contribution in [1.29, 1.82) is 0 Å². The minimum atomic E-state index is -0.262. The molecule has 0 atom stereocenters. The Labute approximate surface area is 96.9 Å². The summed E-state index contributed by atoms with van der Waals surface area (Å²) >= 11 is 1.60. The second-order valence-electron chi connectivity index (χ2n) is 3.47. The highest BCUT2D eigenvalue weighted by Crippen LogP contribution is 2.26. The number of oxazole rings is 1. The van der Waals surface area contributed by atoms with Gasteiger partial charge in [0.15, 0.2) is 5.76 Å². The number of amides is 1. The quantitative estimate of drug-likeness (QED) is 0.761. The van der Waals surface area contributed by atoms with Crippen LogP contribution in [0.4, 0.5) is 0 Å². The van der Waals surface area contributed by atoms with Gasteiger partial charge >= 0.3 is 5.68 Å². The molecule has 0 spiro atoms. The van der Waals surface area contributed by atoms with Gasteiger partial charge in [-0.1, -0.05) is 6.07 Å². The minimum Gasteiger partial charge on any atom is -0.422 e. The number of carbonyl (C=O) groups is 1. The Balaban J connectivity index is 2.63. The zero-order valence-electron chi connectivity index (χ0n) is 9.35. The van der Waals surface area contributed by atoms with Gasteiger partial charge in [-0.05, 0) is 18.4 Å². The highest BCUT2D eigenvalue weighted by atomic mass is 32.1. The molecule has 0 bridgehead atoms. The van der Waals surface area contributed by atoms with Crippen molar-refractivity contribution >= 4 is 17.2 Å². The van der Waals surface area contributed by atoms with E-state index in [0.717, 1.165) is 16.3 Å². The average molecular weight is 236 g/mol. The fourth-order valence-corrected chi connectivity index (χ4v) is 2.16. The van der Waals surface area contributed by atoms with Crippen LogP contribution in [0, 0.1) is 6.92 Å². The maximum Gasteiger partial charge on any atom is 0.305 e. The van der Waals surface area contributed by atoms with Gasteiger partial charge in [0.05, 0.1) is 10.6 Å². The lowest BCUT2D eigenvalue weighted by Crippen LogP contribution is -2.14. The van der Waals surface area contributed by atoms with Crippen LogP contribution >= 0.6 is 11.3 Å². The molecule has 0 radical (unpaired) electrons. The van der Waals surface area contributed by atoms with E-state index in [9.17, 15) is 4.79 Å². The first-order valence-corrected chi connectivity index (χ1v) is 5.73. The second kappa shape index (κ2) is 4.09. The zero-order chi connectivity index (χ0) is 11.7. The Hall–Kier alpha value is -1.62. The molecule has 2 rings (SSSR count). The van der Waals surface area contributed by atoms with Gasteiger partial charge in [0.25, 0.3) is 0 Å². The molecule has 2 heterocycles. The van der Waals surface area contributed by atoms with Crippen molar-refractivity contribution in [2.24, 2.45) is 12.0 Å². The number of carbonyl (C=O) groups excluding carboxylic acids is 1. The van der Waals surface area contributed by atoms with Gasteiger partial charge < -0.3 is 4.42 Å². The monoisotopic (exact) mass is 236 g/mol. The lowest BCUT2D eigenvalue weighted by atomic mass is 10.3. The van der Waals surface area contributed by atoms with Crippen LogP contribution in [0.25, 0.3) is 10.6 Å². The Kier molecular flexibility index (Phi) is 2.78. The van der Waals surface area contributed by atoms with Gasteiger partial charge in [-0.3, -0.25) is 9.36 Å². The summed E-state index contributed by atoms with van der Waals surface area (Å²) in [5.41, 5.74) is 1.30. The molecule has 0 saturated carbocycles. The molecular formula is C11H12N2O2S. The molecule has 0 aliphatic rings. The third-order valence-electron chi connectivity index (χ3n) is 2.31. The second-order valence-corrected chi connectivity index (χ2v) is 4.41. The molecule has 0 aliphatic heterocycles. The third kappa shape index (κ3) is 1.86. The van der Waals surface area contributed by atoms with E-state index in [0.29, 0.717) is 5.68 Å². The Bertz CT molecular complexity index is 576. The predicted molar refractivity (Wildman–Crippen MR) is 62.0 cm³/mol. The molecule has 2 aromatic rings. The van der Waals surface area contributed by atoms with E-state index in [1.54, 1.807) is 15.9 Å². The Morgan fingerprint density at radius 1 is 1.56 bits per heavy atom. The topological polar surface area (TPSA) is 47.5 Å². The molecule has 0 unspecified atom stereocenters. The van der Waals surface area contributed by atoms with E-state index in [2.05, 4.69) is 4.99 Å². The average Bonchev–Trinajstić information content (AvgIpc) is 2.81. The van der Waals surface area contributed by atoms with Crippen LogP contribution in [0.5, 0.6) is 0 Å². The molecule has 0 aromatic carbocycles. The first kappa shape index (κ1) is 10.9. The van der Waals surface area contributed by atoms with Gasteiger partial charge in [-0.25, -0.2) is 0 Å². The zero-order valence-corrected chi connectivity index (χ0v) is 10.2. The fourth-order valence-electron chi connectivity index (χ4n) is 1.40. The molecule has 84 valence electrons. The molecule has 4 nitrogen and oxygen atoms in total. The predicted octanol–water partition coefficient (Wildman–Crippen LogP) is 2.10. The van der Waals surface area contributed by atoms with Crippen molar-refractivity contribution in [2.75, 3.05) is 0 Å². The van der Waals surface area contributed by atoms with E-state index < -0.39 is 0 Å². The van der Waals surface area contributed by atoms with Crippen molar-refractivity contribution < 1.29 is 9.21 Å². The van der Waals surface area contributed by atoms with Crippen molar-refractivity contribution in [3.63, 3.8) is 0 Å². The van der Waals surface area contributed by atoms with E-state index >= 15 is 0 Å². The first-order valence-electron chi connectivity index (χ1n) is 4.85. The Morgan fingerprint density at radius 3 is 2.88 bits per heavy atom. The first-order chi connectivity index (χ1) is 7.59. The number of hydrogen-bond acceptors (Lipinski definition) is 3. The van der Waals surface area contributed by atoms with Crippen molar-refractivity contribution in [3.05, 3.63) is 28.9 Å². The highest BCUT2D eigenvalue weighted by Gasteiger charge is 2.12. The van der Waals surface area contributed by atoms with Crippen LogP contribution in [-0.2, 0) is 11.8 Å². The maximum atomic E-state index is 10.9. The summed E-state index contributed by atoms with van der Waals surface area (Å²) in [6, 6.07) is 3.94. The number of rotatable bonds is 1. The highest BCUT2D eigenvalue weighted by molar-refractivity contribution is 7.13. The number of nitrogens with zero attached hydrogens (tertiary/aromatic N) is 2. The summed E-state index contributed by atoms with van der Waals surface area (Å²) in [5, 5.41) is 1.99. The van der Waals surface area contributed by atoms with Gasteiger partial charge in [0, 0.05) is 14.0 Å². The summed E-state index contributed by atoms with van der Waals surface area (Å²) in [5.74, 6) is 0.513. The summed E-state index contributed by atoms with van der Waals surface area (Å²) in [6.07, 6.45) is 0. The molecule has 0 N–H and O–H groups in total. The summed E-state index contributed by atoms with van der Waals surface area (Å²) in [6.45, 7) is 3.35. The normalized spacial score (nSPS) is 12.1. The standard InChI is InChI=1S/C11H12N2O2S/c1-7-10(9-5-4-6-16-9)15-11(13(7)3)12-8(2)14/h4-6H,1-3H3. The molecule has 16 heavy (non-hydrogen) atoms. The number of thiophene rings is 1. The third-order valence-corrected chi connectivity index (χ3v) is 3.18. The SMILES string of the molecule is CC(=O)N=c1oc(-c2cccs2)c(C)n1C.